The molecule has 0 unspecified atom stereocenters. The third-order valence-corrected chi connectivity index (χ3v) is 7.14. The molecule has 4 rings (SSSR count). The van der Waals surface area contributed by atoms with Crippen molar-refractivity contribution in [2.75, 3.05) is 18.2 Å². The number of aromatic nitrogens is 2. The normalized spacial score (nSPS) is 13.7. The van der Waals surface area contributed by atoms with Crippen LogP contribution in [0.3, 0.4) is 0 Å². The van der Waals surface area contributed by atoms with Gasteiger partial charge in [0.2, 0.25) is 5.91 Å². The Kier molecular flexibility index (Phi) is 6.12. The van der Waals surface area contributed by atoms with E-state index in [1.54, 1.807) is 12.1 Å². The van der Waals surface area contributed by atoms with E-state index in [1.807, 2.05) is 6.07 Å². The first-order valence-electron chi connectivity index (χ1n) is 9.36. The van der Waals surface area contributed by atoms with Crippen LogP contribution in [0.4, 0.5) is 5.00 Å². The summed E-state index contributed by atoms with van der Waals surface area (Å²) >= 11 is 8.79. The Labute approximate surface area is 181 Å². The zero-order chi connectivity index (χ0) is 20.4. The number of anilines is 1. The van der Waals surface area contributed by atoms with E-state index < -0.39 is 0 Å². The number of H-pyrrole nitrogens is 1. The minimum atomic E-state index is -0.387. The quantitative estimate of drug-likeness (QED) is 0.323. The van der Waals surface area contributed by atoms with Crippen LogP contribution in [0, 0.1) is 0 Å². The molecular weight excluding hydrogens is 430 g/mol. The summed E-state index contributed by atoms with van der Waals surface area (Å²) in [6, 6.07) is 5.41. The van der Waals surface area contributed by atoms with Gasteiger partial charge in [0.1, 0.15) is 5.00 Å². The van der Waals surface area contributed by atoms with Crippen LogP contribution in [-0.4, -0.2) is 34.7 Å². The zero-order valence-corrected chi connectivity index (χ0v) is 18.2. The van der Waals surface area contributed by atoms with E-state index in [9.17, 15) is 9.59 Å². The molecule has 152 valence electrons. The Morgan fingerprint density at radius 2 is 2.14 bits per heavy atom. The van der Waals surface area contributed by atoms with E-state index >= 15 is 0 Å². The van der Waals surface area contributed by atoms with Gasteiger partial charge in [0.25, 0.3) is 0 Å². The predicted molar refractivity (Wildman–Crippen MR) is 117 cm³/mol. The second-order valence-corrected chi connectivity index (χ2v) is 9.31. The number of benzene rings is 1. The molecule has 0 radical (unpaired) electrons. The smallest absolute Gasteiger partial charge is 0.341 e. The lowest BCUT2D eigenvalue weighted by Crippen LogP contribution is -2.16. The first-order chi connectivity index (χ1) is 14.0. The molecule has 2 aromatic heterocycles. The highest BCUT2D eigenvalue weighted by Crippen LogP contribution is 2.38. The maximum atomic E-state index is 12.6. The number of halogens is 1. The molecule has 6 nitrogen and oxygen atoms in total. The van der Waals surface area contributed by atoms with Crippen molar-refractivity contribution in [3.8, 4) is 0 Å². The van der Waals surface area contributed by atoms with Crippen molar-refractivity contribution in [3.63, 3.8) is 0 Å². The maximum absolute atomic E-state index is 12.6. The fourth-order valence-corrected chi connectivity index (χ4v) is 5.62. The van der Waals surface area contributed by atoms with Crippen molar-refractivity contribution in [2.45, 2.75) is 37.3 Å². The number of ether oxygens (including phenoxy) is 1. The van der Waals surface area contributed by atoms with Gasteiger partial charge in [-0.25, -0.2) is 9.78 Å². The van der Waals surface area contributed by atoms with Crippen LogP contribution in [0.15, 0.2) is 23.4 Å². The molecule has 1 aromatic carbocycles. The first-order valence-corrected chi connectivity index (χ1v) is 11.5. The van der Waals surface area contributed by atoms with Gasteiger partial charge in [-0.2, -0.15) is 0 Å². The SMILES string of the molecule is COC(=O)c1c(NC(=O)CSc2nc3ccc(Cl)cc3[nH]2)sc2c1CCCCC2. The number of amides is 1. The fraction of sp³-hybridized carbons (Fsp3) is 0.350. The molecule has 2 N–H and O–H groups in total. The molecule has 0 aliphatic heterocycles. The van der Waals surface area contributed by atoms with Gasteiger partial charge in [-0.15, -0.1) is 11.3 Å². The molecule has 1 amide bonds. The lowest BCUT2D eigenvalue weighted by atomic mass is 10.1. The number of thiophene rings is 1. The van der Waals surface area contributed by atoms with Gasteiger partial charge >= 0.3 is 5.97 Å². The minimum absolute atomic E-state index is 0.177. The van der Waals surface area contributed by atoms with Gasteiger partial charge in [-0.1, -0.05) is 29.8 Å². The molecule has 0 bridgehead atoms. The Morgan fingerprint density at radius 1 is 1.31 bits per heavy atom. The number of esters is 1. The number of thioether (sulfide) groups is 1. The molecule has 0 spiro atoms. The molecule has 1 aliphatic rings. The molecule has 0 saturated carbocycles. The molecule has 9 heteroatoms. The molecule has 1 aliphatic carbocycles. The molecule has 29 heavy (non-hydrogen) atoms. The highest BCUT2D eigenvalue weighted by atomic mass is 35.5. The Balaban J connectivity index is 1.48. The third kappa shape index (κ3) is 4.44. The number of nitrogens with one attached hydrogen (secondary N) is 2. The lowest BCUT2D eigenvalue weighted by molar-refractivity contribution is -0.113. The number of carbonyl (C=O) groups excluding carboxylic acids is 2. The van der Waals surface area contributed by atoms with Crippen molar-refractivity contribution in [2.24, 2.45) is 0 Å². The summed E-state index contributed by atoms with van der Waals surface area (Å²) in [5, 5.41) is 4.77. The van der Waals surface area contributed by atoms with Crippen LogP contribution in [0.25, 0.3) is 11.0 Å². The summed E-state index contributed by atoms with van der Waals surface area (Å²) in [5.74, 6) is -0.395. The molecule has 3 aromatic rings. The largest absolute Gasteiger partial charge is 0.465 e. The van der Waals surface area contributed by atoms with Gasteiger partial charge in [0.05, 0.1) is 29.5 Å². The summed E-state index contributed by atoms with van der Waals surface area (Å²) < 4.78 is 4.98. The van der Waals surface area contributed by atoms with Crippen molar-refractivity contribution >= 4 is 62.6 Å². The van der Waals surface area contributed by atoms with E-state index in [-0.39, 0.29) is 17.6 Å². The van der Waals surface area contributed by atoms with Crippen LogP contribution in [-0.2, 0) is 22.4 Å². The first kappa shape index (κ1) is 20.3. The predicted octanol–water partition coefficient (Wildman–Crippen LogP) is 5.06. The van der Waals surface area contributed by atoms with Crippen molar-refractivity contribution in [1.82, 2.24) is 9.97 Å². The highest BCUT2D eigenvalue weighted by Gasteiger charge is 2.26. The molecule has 2 heterocycles. The topological polar surface area (TPSA) is 84.1 Å². The van der Waals surface area contributed by atoms with Crippen LogP contribution < -0.4 is 5.32 Å². The second kappa shape index (κ2) is 8.77. The van der Waals surface area contributed by atoms with Crippen molar-refractivity contribution < 1.29 is 14.3 Å². The molecule has 0 saturated heterocycles. The number of imidazole rings is 1. The average molecular weight is 450 g/mol. The monoisotopic (exact) mass is 449 g/mol. The van der Waals surface area contributed by atoms with Crippen LogP contribution in [0.2, 0.25) is 5.02 Å². The van der Waals surface area contributed by atoms with E-state index in [0.717, 1.165) is 48.7 Å². The van der Waals surface area contributed by atoms with E-state index in [1.165, 1.54) is 35.1 Å². The Morgan fingerprint density at radius 3 is 2.97 bits per heavy atom. The Bertz CT molecular complexity index is 1080. The van der Waals surface area contributed by atoms with Crippen LogP contribution >= 0.6 is 34.7 Å². The van der Waals surface area contributed by atoms with E-state index in [4.69, 9.17) is 16.3 Å². The number of rotatable bonds is 5. The summed E-state index contributed by atoms with van der Waals surface area (Å²) in [5.41, 5.74) is 3.19. The second-order valence-electron chi connectivity index (χ2n) is 6.80. The summed E-state index contributed by atoms with van der Waals surface area (Å²) in [6.45, 7) is 0. The zero-order valence-electron chi connectivity index (χ0n) is 15.8. The van der Waals surface area contributed by atoms with Gasteiger partial charge in [0, 0.05) is 9.90 Å². The number of hydrogen-bond donors (Lipinski definition) is 2. The van der Waals surface area contributed by atoms with Crippen molar-refractivity contribution in [1.29, 1.82) is 0 Å². The number of methoxy groups -OCH3 is 1. The third-order valence-electron chi connectivity index (χ3n) is 4.83. The number of nitrogens with zero attached hydrogens (tertiary/aromatic N) is 1. The van der Waals surface area contributed by atoms with Crippen molar-refractivity contribution in [3.05, 3.63) is 39.2 Å². The van der Waals surface area contributed by atoms with E-state index in [2.05, 4.69) is 15.3 Å². The van der Waals surface area contributed by atoms with Crippen LogP contribution in [0.5, 0.6) is 0 Å². The average Bonchev–Trinajstić information content (AvgIpc) is 3.18. The number of carbonyl (C=O) groups is 2. The van der Waals surface area contributed by atoms with E-state index in [0.29, 0.717) is 20.7 Å². The minimum Gasteiger partial charge on any atom is -0.465 e. The molecular formula is C20H20ClN3O3S2. The highest BCUT2D eigenvalue weighted by molar-refractivity contribution is 7.99. The maximum Gasteiger partial charge on any atom is 0.341 e. The van der Waals surface area contributed by atoms with Gasteiger partial charge < -0.3 is 15.0 Å². The van der Waals surface area contributed by atoms with Gasteiger partial charge in [0.15, 0.2) is 5.16 Å². The summed E-state index contributed by atoms with van der Waals surface area (Å²) in [4.78, 5) is 33.7. The lowest BCUT2D eigenvalue weighted by Gasteiger charge is -2.07. The number of aromatic amines is 1. The number of hydrogen-bond acceptors (Lipinski definition) is 6. The fourth-order valence-electron chi connectivity index (χ4n) is 3.47. The summed E-state index contributed by atoms with van der Waals surface area (Å²) in [6.07, 6.45) is 5.10. The van der Waals surface area contributed by atoms with Gasteiger partial charge in [-0.3, -0.25) is 4.79 Å². The number of aryl methyl sites for hydroxylation is 1. The van der Waals surface area contributed by atoms with Gasteiger partial charge in [-0.05, 0) is 49.4 Å². The van der Waals surface area contributed by atoms with Crippen LogP contribution in [0.1, 0.15) is 40.1 Å². The summed E-state index contributed by atoms with van der Waals surface area (Å²) in [7, 11) is 1.37. The molecule has 0 fully saturated rings. The Hall–Kier alpha value is -2.03. The standard InChI is InChI=1S/C20H20ClN3O3S2/c1-27-19(26)17-12-5-3-2-4-6-15(12)29-18(17)24-16(25)10-28-20-22-13-8-7-11(21)9-14(13)23-20/h7-9H,2-6,10H2,1H3,(H,22,23)(H,24,25). The molecule has 0 atom stereocenters. The number of fused-ring (bicyclic) bond motifs is 2.